The SMILES string of the molecule is Cc1cccc(Sc2ccc(C#N)cc2Cl)c1. The van der Waals surface area contributed by atoms with Gasteiger partial charge in [0.15, 0.2) is 0 Å². The minimum absolute atomic E-state index is 0.587. The number of hydrogen-bond acceptors (Lipinski definition) is 2. The molecule has 0 fully saturated rings. The lowest BCUT2D eigenvalue weighted by Gasteiger charge is -2.05. The van der Waals surface area contributed by atoms with E-state index in [4.69, 9.17) is 16.9 Å². The summed E-state index contributed by atoms with van der Waals surface area (Å²) in [6.07, 6.45) is 0. The summed E-state index contributed by atoms with van der Waals surface area (Å²) in [5, 5.41) is 9.38. The molecule has 0 aliphatic carbocycles. The Bertz CT molecular complexity index is 587. The normalized spacial score (nSPS) is 9.94. The number of halogens is 1. The summed E-state index contributed by atoms with van der Waals surface area (Å²) in [4.78, 5) is 2.12. The zero-order chi connectivity index (χ0) is 12.3. The average molecular weight is 260 g/mol. The van der Waals surface area contributed by atoms with E-state index < -0.39 is 0 Å². The molecule has 0 bridgehead atoms. The quantitative estimate of drug-likeness (QED) is 0.782. The summed E-state index contributed by atoms with van der Waals surface area (Å²) in [5.41, 5.74) is 1.81. The number of benzene rings is 2. The van der Waals surface area contributed by atoms with Gasteiger partial charge in [-0.3, -0.25) is 0 Å². The lowest BCUT2D eigenvalue weighted by molar-refractivity contribution is 1.34. The summed E-state index contributed by atoms with van der Waals surface area (Å²) in [6, 6.07) is 15.7. The van der Waals surface area contributed by atoms with Crippen molar-refractivity contribution in [3.05, 3.63) is 58.6 Å². The van der Waals surface area contributed by atoms with Crippen molar-refractivity contribution < 1.29 is 0 Å². The predicted octanol–water partition coefficient (Wildman–Crippen LogP) is 4.67. The van der Waals surface area contributed by atoms with Crippen LogP contribution in [0, 0.1) is 18.3 Å². The molecular weight excluding hydrogens is 250 g/mol. The second-order valence-electron chi connectivity index (χ2n) is 3.68. The third-order valence-electron chi connectivity index (χ3n) is 2.28. The monoisotopic (exact) mass is 259 g/mol. The van der Waals surface area contributed by atoms with Gasteiger partial charge in [0.1, 0.15) is 0 Å². The highest BCUT2D eigenvalue weighted by Crippen LogP contribution is 2.33. The van der Waals surface area contributed by atoms with E-state index in [1.165, 1.54) is 5.56 Å². The highest BCUT2D eigenvalue weighted by atomic mass is 35.5. The summed E-state index contributed by atoms with van der Waals surface area (Å²) in [7, 11) is 0. The van der Waals surface area contributed by atoms with Crippen molar-refractivity contribution in [3.8, 4) is 6.07 Å². The Labute approximate surface area is 110 Å². The maximum Gasteiger partial charge on any atom is 0.0992 e. The Balaban J connectivity index is 2.28. The van der Waals surface area contributed by atoms with Crippen molar-refractivity contribution in [2.75, 3.05) is 0 Å². The van der Waals surface area contributed by atoms with Crippen molar-refractivity contribution in [1.29, 1.82) is 5.26 Å². The van der Waals surface area contributed by atoms with Crippen LogP contribution < -0.4 is 0 Å². The number of aryl methyl sites for hydroxylation is 1. The number of rotatable bonds is 2. The smallest absolute Gasteiger partial charge is 0.0992 e. The Morgan fingerprint density at radius 2 is 2.00 bits per heavy atom. The molecule has 0 heterocycles. The third-order valence-corrected chi connectivity index (χ3v) is 3.77. The molecule has 3 heteroatoms. The van der Waals surface area contributed by atoms with E-state index in [0.717, 1.165) is 9.79 Å². The van der Waals surface area contributed by atoms with Crippen molar-refractivity contribution >= 4 is 23.4 Å². The van der Waals surface area contributed by atoms with E-state index in [-0.39, 0.29) is 0 Å². The van der Waals surface area contributed by atoms with E-state index in [1.807, 2.05) is 18.2 Å². The maximum atomic E-state index is 8.76. The van der Waals surface area contributed by atoms with Gasteiger partial charge in [-0.1, -0.05) is 41.1 Å². The minimum Gasteiger partial charge on any atom is -0.192 e. The molecule has 0 aliphatic rings. The number of nitrogens with zero attached hydrogens (tertiary/aromatic N) is 1. The van der Waals surface area contributed by atoms with Crippen molar-refractivity contribution in [2.24, 2.45) is 0 Å². The van der Waals surface area contributed by atoms with Crippen LogP contribution in [0.2, 0.25) is 5.02 Å². The molecule has 0 atom stereocenters. The van der Waals surface area contributed by atoms with E-state index >= 15 is 0 Å². The van der Waals surface area contributed by atoms with Crippen LogP contribution >= 0.6 is 23.4 Å². The lowest BCUT2D eigenvalue weighted by Crippen LogP contribution is -1.80. The van der Waals surface area contributed by atoms with Crippen molar-refractivity contribution in [3.63, 3.8) is 0 Å². The van der Waals surface area contributed by atoms with Crippen LogP contribution in [-0.2, 0) is 0 Å². The van der Waals surface area contributed by atoms with Gasteiger partial charge in [-0.2, -0.15) is 5.26 Å². The molecule has 2 aromatic rings. The van der Waals surface area contributed by atoms with E-state index in [9.17, 15) is 0 Å². The van der Waals surface area contributed by atoms with Crippen LogP contribution in [-0.4, -0.2) is 0 Å². The van der Waals surface area contributed by atoms with Gasteiger partial charge in [0.25, 0.3) is 0 Å². The summed E-state index contributed by atoms with van der Waals surface area (Å²) in [6.45, 7) is 2.06. The molecule has 84 valence electrons. The summed E-state index contributed by atoms with van der Waals surface area (Å²) < 4.78 is 0. The first-order valence-corrected chi connectivity index (χ1v) is 6.32. The molecule has 1 nitrogen and oxygen atoms in total. The Morgan fingerprint density at radius 3 is 2.65 bits per heavy atom. The van der Waals surface area contributed by atoms with Gasteiger partial charge >= 0.3 is 0 Å². The van der Waals surface area contributed by atoms with Gasteiger partial charge in [-0.05, 0) is 37.3 Å². The van der Waals surface area contributed by atoms with Crippen molar-refractivity contribution in [2.45, 2.75) is 16.7 Å². The Kier molecular flexibility index (Phi) is 3.73. The topological polar surface area (TPSA) is 23.8 Å². The first-order valence-electron chi connectivity index (χ1n) is 5.13. The Morgan fingerprint density at radius 1 is 1.18 bits per heavy atom. The van der Waals surface area contributed by atoms with E-state index in [2.05, 4.69) is 25.1 Å². The molecule has 2 rings (SSSR count). The predicted molar refractivity (Wildman–Crippen MR) is 71.5 cm³/mol. The molecular formula is C14H10ClNS. The second-order valence-corrected chi connectivity index (χ2v) is 5.20. The van der Waals surface area contributed by atoms with Crippen LogP contribution in [0.3, 0.4) is 0 Å². The molecule has 0 aromatic heterocycles. The van der Waals surface area contributed by atoms with Crippen LogP contribution in [0.25, 0.3) is 0 Å². The van der Waals surface area contributed by atoms with E-state index in [1.54, 1.807) is 23.9 Å². The summed E-state index contributed by atoms with van der Waals surface area (Å²) >= 11 is 7.73. The fourth-order valence-electron chi connectivity index (χ4n) is 1.46. The molecule has 0 radical (unpaired) electrons. The molecule has 2 aromatic carbocycles. The average Bonchev–Trinajstić information content (AvgIpc) is 2.32. The fourth-order valence-corrected chi connectivity index (χ4v) is 2.69. The van der Waals surface area contributed by atoms with Gasteiger partial charge in [0.05, 0.1) is 16.7 Å². The minimum atomic E-state index is 0.587. The molecule has 17 heavy (non-hydrogen) atoms. The molecule has 0 saturated carbocycles. The van der Waals surface area contributed by atoms with Gasteiger partial charge in [-0.25, -0.2) is 0 Å². The van der Waals surface area contributed by atoms with Gasteiger partial charge in [-0.15, -0.1) is 0 Å². The highest BCUT2D eigenvalue weighted by molar-refractivity contribution is 7.99. The lowest BCUT2D eigenvalue weighted by atomic mass is 10.2. The number of nitriles is 1. The fraction of sp³-hybridized carbons (Fsp3) is 0.0714. The van der Waals surface area contributed by atoms with Gasteiger partial charge in [0, 0.05) is 9.79 Å². The third kappa shape index (κ3) is 3.03. The number of hydrogen-bond donors (Lipinski definition) is 0. The second kappa shape index (κ2) is 5.27. The first-order chi connectivity index (χ1) is 8.19. The standard InChI is InChI=1S/C14H10ClNS/c1-10-3-2-4-12(7-10)17-14-6-5-11(9-16)8-13(14)15/h2-8H,1H3. The largest absolute Gasteiger partial charge is 0.192 e. The van der Waals surface area contributed by atoms with Crippen molar-refractivity contribution in [1.82, 2.24) is 0 Å². The molecule has 0 unspecified atom stereocenters. The maximum absolute atomic E-state index is 8.76. The van der Waals surface area contributed by atoms with Gasteiger partial charge in [0.2, 0.25) is 0 Å². The molecule has 0 spiro atoms. The molecule has 0 aliphatic heterocycles. The molecule has 0 amide bonds. The first kappa shape index (κ1) is 12.0. The van der Waals surface area contributed by atoms with Gasteiger partial charge < -0.3 is 0 Å². The van der Waals surface area contributed by atoms with E-state index in [0.29, 0.717) is 10.6 Å². The highest BCUT2D eigenvalue weighted by Gasteiger charge is 2.04. The van der Waals surface area contributed by atoms with Crippen LogP contribution in [0.1, 0.15) is 11.1 Å². The van der Waals surface area contributed by atoms with Crippen LogP contribution in [0.4, 0.5) is 0 Å². The van der Waals surface area contributed by atoms with Crippen LogP contribution in [0.5, 0.6) is 0 Å². The molecule has 0 N–H and O–H groups in total. The molecule has 0 saturated heterocycles. The zero-order valence-corrected chi connectivity index (χ0v) is 10.8. The van der Waals surface area contributed by atoms with Crippen LogP contribution in [0.15, 0.2) is 52.3 Å². The zero-order valence-electron chi connectivity index (χ0n) is 9.27. The Hall–Kier alpha value is -1.43. The summed E-state index contributed by atoms with van der Waals surface area (Å²) in [5.74, 6) is 0.